The summed E-state index contributed by atoms with van der Waals surface area (Å²) < 4.78 is 0. The first-order chi connectivity index (χ1) is 10.8. The number of hydrogen-bond acceptors (Lipinski definition) is 3. The normalized spacial score (nSPS) is 21.6. The average molecular weight is 312 g/mol. The summed E-state index contributed by atoms with van der Waals surface area (Å²) in [5.41, 5.74) is 6.13. The largest absolute Gasteiger partial charge is 0.357 e. The van der Waals surface area contributed by atoms with Crippen molar-refractivity contribution in [3.05, 3.63) is 35.5 Å². The Morgan fingerprint density at radius 2 is 2.09 bits per heavy atom. The highest BCUT2D eigenvalue weighted by Gasteiger charge is 2.30. The number of carbonyl (C=O) groups excluding carboxylic acids is 1. The molecule has 0 bridgehead atoms. The molecule has 0 aliphatic carbocycles. The summed E-state index contributed by atoms with van der Waals surface area (Å²) in [6, 6.07) is 8.07. The number of para-hydroxylation sites is 1. The van der Waals surface area contributed by atoms with Gasteiger partial charge in [-0.05, 0) is 30.4 Å². The molecule has 23 heavy (non-hydrogen) atoms. The first-order valence-corrected chi connectivity index (χ1v) is 8.05. The third-order valence-electron chi connectivity index (χ3n) is 4.08. The maximum atomic E-state index is 12.4. The van der Waals surface area contributed by atoms with Crippen LogP contribution < -0.4 is 10.7 Å². The van der Waals surface area contributed by atoms with Crippen molar-refractivity contribution in [1.29, 1.82) is 0 Å². The van der Waals surface area contributed by atoms with Crippen LogP contribution in [-0.4, -0.2) is 23.1 Å². The van der Waals surface area contributed by atoms with E-state index in [-0.39, 0.29) is 23.4 Å². The van der Waals surface area contributed by atoms with Crippen LogP contribution in [0.2, 0.25) is 0 Å². The standard InChI is InChI=1S/C18H24N4O/c1-11-16-13(12-7-5-6-8-14(12)21-16)9-15(20-11)17(23)22-19-10-18(2,3)4/h5-8,10-11,15,20-21H,9H2,1-4H3,(H,22,23)/b19-10+/t11-,15-/m0/s1. The van der Waals surface area contributed by atoms with Crippen molar-refractivity contribution in [2.75, 3.05) is 0 Å². The highest BCUT2D eigenvalue weighted by Crippen LogP contribution is 2.31. The predicted molar refractivity (Wildman–Crippen MR) is 93.4 cm³/mol. The van der Waals surface area contributed by atoms with Crippen LogP contribution in [0.25, 0.3) is 10.9 Å². The highest BCUT2D eigenvalue weighted by atomic mass is 16.2. The Labute approximate surface area is 136 Å². The molecule has 1 aliphatic rings. The maximum absolute atomic E-state index is 12.4. The molecule has 5 heteroatoms. The summed E-state index contributed by atoms with van der Waals surface area (Å²) in [5.74, 6) is -0.0896. The Balaban J connectivity index is 1.80. The fourth-order valence-corrected chi connectivity index (χ4v) is 2.99. The molecule has 3 rings (SSSR count). The zero-order valence-electron chi connectivity index (χ0n) is 14.1. The SMILES string of the molecule is C[C@@H]1N[C@H](C(=O)N/N=C/C(C)(C)C)Cc2c1[nH]c1ccccc21. The van der Waals surface area contributed by atoms with Crippen LogP contribution in [0.4, 0.5) is 0 Å². The molecule has 0 radical (unpaired) electrons. The van der Waals surface area contributed by atoms with E-state index in [1.807, 2.05) is 32.9 Å². The van der Waals surface area contributed by atoms with Gasteiger partial charge in [-0.1, -0.05) is 39.0 Å². The van der Waals surface area contributed by atoms with Crippen molar-refractivity contribution in [2.45, 2.75) is 46.2 Å². The molecule has 1 amide bonds. The van der Waals surface area contributed by atoms with E-state index in [0.29, 0.717) is 6.42 Å². The Kier molecular flexibility index (Phi) is 3.98. The number of rotatable bonds is 2. The average Bonchev–Trinajstić information content (AvgIpc) is 2.85. The van der Waals surface area contributed by atoms with Crippen LogP contribution >= 0.6 is 0 Å². The van der Waals surface area contributed by atoms with Gasteiger partial charge in [-0.2, -0.15) is 5.10 Å². The molecule has 3 N–H and O–H groups in total. The lowest BCUT2D eigenvalue weighted by atomic mass is 9.94. The summed E-state index contributed by atoms with van der Waals surface area (Å²) in [6.07, 6.45) is 2.43. The van der Waals surface area contributed by atoms with Gasteiger partial charge in [-0.3, -0.25) is 10.1 Å². The molecule has 1 aromatic carbocycles. The lowest BCUT2D eigenvalue weighted by Gasteiger charge is -2.28. The highest BCUT2D eigenvalue weighted by molar-refractivity contribution is 5.88. The van der Waals surface area contributed by atoms with Gasteiger partial charge in [0.15, 0.2) is 0 Å². The molecule has 0 spiro atoms. The number of H-pyrrole nitrogens is 1. The van der Waals surface area contributed by atoms with Crippen molar-refractivity contribution in [2.24, 2.45) is 10.5 Å². The van der Waals surface area contributed by atoms with Crippen LogP contribution in [0.15, 0.2) is 29.4 Å². The minimum Gasteiger partial charge on any atom is -0.357 e. The third kappa shape index (κ3) is 3.29. The number of hydrogen-bond donors (Lipinski definition) is 3. The van der Waals surface area contributed by atoms with Gasteiger partial charge in [-0.15, -0.1) is 0 Å². The van der Waals surface area contributed by atoms with Gasteiger partial charge in [0.1, 0.15) is 0 Å². The molecule has 122 valence electrons. The molecule has 0 unspecified atom stereocenters. The number of amides is 1. The van der Waals surface area contributed by atoms with E-state index >= 15 is 0 Å². The van der Waals surface area contributed by atoms with Crippen molar-refractivity contribution < 1.29 is 4.79 Å². The fraction of sp³-hybridized carbons (Fsp3) is 0.444. The zero-order chi connectivity index (χ0) is 16.6. The van der Waals surface area contributed by atoms with Crippen molar-refractivity contribution in [3.63, 3.8) is 0 Å². The van der Waals surface area contributed by atoms with Crippen molar-refractivity contribution in [1.82, 2.24) is 15.7 Å². The number of fused-ring (bicyclic) bond motifs is 3. The molecule has 0 saturated carbocycles. The number of aromatic amines is 1. The molecular formula is C18H24N4O. The second-order valence-electron chi connectivity index (χ2n) is 7.31. The van der Waals surface area contributed by atoms with Crippen LogP contribution in [0, 0.1) is 5.41 Å². The zero-order valence-corrected chi connectivity index (χ0v) is 14.1. The molecular weight excluding hydrogens is 288 g/mol. The Morgan fingerprint density at radius 1 is 1.35 bits per heavy atom. The van der Waals surface area contributed by atoms with Crippen molar-refractivity contribution >= 4 is 23.0 Å². The number of aromatic nitrogens is 1. The second-order valence-corrected chi connectivity index (χ2v) is 7.31. The van der Waals surface area contributed by atoms with E-state index in [1.165, 1.54) is 16.6 Å². The molecule has 5 nitrogen and oxygen atoms in total. The number of nitrogens with zero attached hydrogens (tertiary/aromatic N) is 1. The van der Waals surface area contributed by atoms with Gasteiger partial charge in [0.05, 0.1) is 6.04 Å². The van der Waals surface area contributed by atoms with Crippen LogP contribution in [-0.2, 0) is 11.2 Å². The molecule has 1 aliphatic heterocycles. The molecule has 2 heterocycles. The maximum Gasteiger partial charge on any atom is 0.257 e. The summed E-state index contributed by atoms with van der Waals surface area (Å²) in [5, 5.41) is 8.64. The monoisotopic (exact) mass is 312 g/mol. The second kappa shape index (κ2) is 5.81. The first-order valence-electron chi connectivity index (χ1n) is 8.05. The molecule has 0 saturated heterocycles. The number of carbonyl (C=O) groups is 1. The molecule has 2 atom stereocenters. The smallest absolute Gasteiger partial charge is 0.257 e. The number of hydrazone groups is 1. The van der Waals surface area contributed by atoms with Gasteiger partial charge in [0, 0.05) is 28.9 Å². The predicted octanol–water partition coefficient (Wildman–Crippen LogP) is 2.89. The number of nitrogens with one attached hydrogen (secondary N) is 3. The van der Waals surface area contributed by atoms with E-state index in [1.54, 1.807) is 6.21 Å². The minimum absolute atomic E-state index is 0.0510. The minimum atomic E-state index is -0.270. The first kappa shape index (κ1) is 15.7. The van der Waals surface area contributed by atoms with Gasteiger partial charge in [0.2, 0.25) is 0 Å². The Hall–Kier alpha value is -2.14. The van der Waals surface area contributed by atoms with Gasteiger partial charge in [0.25, 0.3) is 5.91 Å². The Morgan fingerprint density at radius 3 is 2.83 bits per heavy atom. The fourth-order valence-electron chi connectivity index (χ4n) is 2.99. The molecule has 2 aromatic rings. The van der Waals surface area contributed by atoms with Crippen molar-refractivity contribution in [3.8, 4) is 0 Å². The van der Waals surface area contributed by atoms with Gasteiger partial charge in [-0.25, -0.2) is 5.43 Å². The van der Waals surface area contributed by atoms with Crippen LogP contribution in [0.3, 0.4) is 0 Å². The lowest BCUT2D eigenvalue weighted by Crippen LogP contribution is -2.47. The number of benzene rings is 1. The van der Waals surface area contributed by atoms with E-state index in [0.717, 1.165) is 5.52 Å². The summed E-state index contributed by atoms with van der Waals surface area (Å²) in [4.78, 5) is 15.9. The topological polar surface area (TPSA) is 69.3 Å². The van der Waals surface area contributed by atoms with E-state index in [9.17, 15) is 4.79 Å². The van der Waals surface area contributed by atoms with Crippen LogP contribution in [0.1, 0.15) is 45.0 Å². The summed E-state index contributed by atoms with van der Waals surface area (Å²) in [6.45, 7) is 8.21. The van der Waals surface area contributed by atoms with Crippen LogP contribution in [0.5, 0.6) is 0 Å². The molecule has 0 fully saturated rings. The quantitative estimate of drug-likeness (QED) is 0.589. The summed E-state index contributed by atoms with van der Waals surface area (Å²) in [7, 11) is 0. The molecule has 1 aromatic heterocycles. The van der Waals surface area contributed by atoms with E-state index < -0.39 is 0 Å². The van der Waals surface area contributed by atoms with Gasteiger partial charge < -0.3 is 4.98 Å². The van der Waals surface area contributed by atoms with E-state index in [4.69, 9.17) is 0 Å². The lowest BCUT2D eigenvalue weighted by molar-refractivity contribution is -0.123. The third-order valence-corrected chi connectivity index (χ3v) is 4.08. The Bertz CT molecular complexity index is 754. The van der Waals surface area contributed by atoms with Gasteiger partial charge >= 0.3 is 0 Å². The summed E-state index contributed by atoms with van der Waals surface area (Å²) >= 11 is 0. The van der Waals surface area contributed by atoms with E-state index in [2.05, 4.69) is 39.9 Å².